The molecule has 84 valence electrons. The van der Waals surface area contributed by atoms with Crippen LogP contribution >= 0.6 is 0 Å². The van der Waals surface area contributed by atoms with E-state index in [0.29, 0.717) is 0 Å². The maximum Gasteiger partial charge on any atom is 0.333 e. The van der Waals surface area contributed by atoms with E-state index in [1.807, 2.05) is 0 Å². The van der Waals surface area contributed by atoms with Crippen LogP contribution in [0.5, 0.6) is 0 Å². The third-order valence-corrected chi connectivity index (χ3v) is 1.40. The highest BCUT2D eigenvalue weighted by Gasteiger charge is 2.22. The molecule has 0 heterocycles. The minimum atomic E-state index is -1.57. The predicted molar refractivity (Wildman–Crippen MR) is 46.4 cm³/mol. The zero-order chi connectivity index (χ0) is 12.0. The molecule has 0 unspecified atom stereocenters. The first-order valence-corrected chi connectivity index (χ1v) is 3.82. The minimum absolute atomic E-state index is 0.341. The summed E-state index contributed by atoms with van der Waals surface area (Å²) in [5.74, 6) is -4.13. The van der Waals surface area contributed by atoms with Crippen molar-refractivity contribution in [1.82, 2.24) is 0 Å². The maximum atomic E-state index is 10.5. The van der Waals surface area contributed by atoms with Crippen molar-refractivity contribution < 1.29 is 34.4 Å². The minimum Gasteiger partial charge on any atom is -0.481 e. The van der Waals surface area contributed by atoms with Crippen molar-refractivity contribution in [2.45, 2.75) is 12.5 Å². The molecule has 0 rings (SSSR count). The molecule has 0 saturated heterocycles. The number of ether oxygens (including phenoxy) is 1. The van der Waals surface area contributed by atoms with Crippen molar-refractivity contribution in [2.75, 3.05) is 6.61 Å². The van der Waals surface area contributed by atoms with Crippen LogP contribution in [0, 0.1) is 0 Å². The summed E-state index contributed by atoms with van der Waals surface area (Å²) in [5.41, 5.74) is -0.341. The molecule has 0 radical (unpaired) electrons. The molecule has 0 aromatic heterocycles. The molecule has 1 atom stereocenters. The number of aliphatic carboxylic acids is 3. The Bertz CT molecular complexity index is 293. The highest BCUT2D eigenvalue weighted by molar-refractivity contribution is 5.86. The summed E-state index contributed by atoms with van der Waals surface area (Å²) in [6, 6.07) is 0. The zero-order valence-corrected chi connectivity index (χ0v) is 7.67. The molecule has 0 spiro atoms. The lowest BCUT2D eigenvalue weighted by molar-refractivity contribution is -0.156. The number of carboxylic acid groups (broad SMARTS) is 3. The van der Waals surface area contributed by atoms with E-state index in [-0.39, 0.29) is 5.57 Å². The number of carboxylic acids is 3. The second kappa shape index (κ2) is 5.76. The van der Waals surface area contributed by atoms with Gasteiger partial charge in [0.1, 0.15) is 0 Å². The standard InChI is InChI=1S/C8H10O7/c1-4(7(11)12)3-15-5(8(13)14)2-6(9)10/h5H,1-3H2,(H,9,10)(H,11,12)(H,13,14)/t5-/m0/s1. The van der Waals surface area contributed by atoms with Gasteiger partial charge in [-0.25, -0.2) is 9.59 Å². The van der Waals surface area contributed by atoms with E-state index in [4.69, 9.17) is 15.3 Å². The molecule has 3 N–H and O–H groups in total. The van der Waals surface area contributed by atoms with Gasteiger partial charge in [-0.1, -0.05) is 6.58 Å². The van der Waals surface area contributed by atoms with Crippen molar-refractivity contribution in [2.24, 2.45) is 0 Å². The number of hydrogen-bond donors (Lipinski definition) is 3. The van der Waals surface area contributed by atoms with Gasteiger partial charge in [-0.15, -0.1) is 0 Å². The zero-order valence-electron chi connectivity index (χ0n) is 7.67. The lowest BCUT2D eigenvalue weighted by atomic mass is 10.2. The van der Waals surface area contributed by atoms with Crippen LogP contribution in [-0.2, 0) is 19.1 Å². The Kier molecular flexibility index (Phi) is 5.03. The maximum absolute atomic E-state index is 10.5. The topological polar surface area (TPSA) is 121 Å². The van der Waals surface area contributed by atoms with Gasteiger partial charge in [-0.3, -0.25) is 4.79 Å². The SMILES string of the molecule is C=C(CO[C@@H](CC(=O)O)C(=O)O)C(=O)O. The van der Waals surface area contributed by atoms with Crippen molar-refractivity contribution in [3.63, 3.8) is 0 Å². The summed E-state index contributed by atoms with van der Waals surface area (Å²) < 4.78 is 4.58. The van der Waals surface area contributed by atoms with Gasteiger partial charge in [-0.2, -0.15) is 0 Å². The van der Waals surface area contributed by atoms with Crippen LogP contribution in [0.15, 0.2) is 12.2 Å². The third kappa shape index (κ3) is 5.42. The summed E-state index contributed by atoms with van der Waals surface area (Å²) in [6.45, 7) is 2.57. The molecule has 0 aromatic rings. The second-order valence-corrected chi connectivity index (χ2v) is 2.64. The monoisotopic (exact) mass is 218 g/mol. The second-order valence-electron chi connectivity index (χ2n) is 2.64. The Morgan fingerprint density at radius 3 is 2.07 bits per heavy atom. The first-order chi connectivity index (χ1) is 6.84. The van der Waals surface area contributed by atoms with Gasteiger partial charge < -0.3 is 20.1 Å². The van der Waals surface area contributed by atoms with E-state index < -0.39 is 37.0 Å². The molecule has 7 nitrogen and oxygen atoms in total. The van der Waals surface area contributed by atoms with Gasteiger partial charge in [-0.05, 0) is 0 Å². The van der Waals surface area contributed by atoms with Gasteiger partial charge in [0.25, 0.3) is 0 Å². The molecule has 0 aliphatic heterocycles. The van der Waals surface area contributed by atoms with E-state index >= 15 is 0 Å². The van der Waals surface area contributed by atoms with Gasteiger partial charge in [0.05, 0.1) is 18.6 Å². The summed E-state index contributed by atoms with van der Waals surface area (Å²) in [5, 5.41) is 25.2. The Labute approximate surface area is 84.6 Å². The van der Waals surface area contributed by atoms with E-state index in [9.17, 15) is 14.4 Å². The van der Waals surface area contributed by atoms with Crippen LogP contribution in [0.2, 0.25) is 0 Å². The quantitative estimate of drug-likeness (QED) is 0.495. The Morgan fingerprint density at radius 2 is 1.73 bits per heavy atom. The number of hydrogen-bond acceptors (Lipinski definition) is 4. The smallest absolute Gasteiger partial charge is 0.333 e. The van der Waals surface area contributed by atoms with Gasteiger partial charge in [0.15, 0.2) is 6.10 Å². The fourth-order valence-corrected chi connectivity index (χ4v) is 0.639. The van der Waals surface area contributed by atoms with Gasteiger partial charge >= 0.3 is 17.9 Å². The summed E-state index contributed by atoms with van der Waals surface area (Å²) in [7, 11) is 0. The van der Waals surface area contributed by atoms with E-state index in [2.05, 4.69) is 11.3 Å². The highest BCUT2D eigenvalue weighted by atomic mass is 16.5. The lowest BCUT2D eigenvalue weighted by Gasteiger charge is -2.10. The molecular weight excluding hydrogens is 208 g/mol. The van der Waals surface area contributed by atoms with Gasteiger partial charge in [0, 0.05) is 0 Å². The fourth-order valence-electron chi connectivity index (χ4n) is 0.639. The Hall–Kier alpha value is -1.89. The third-order valence-electron chi connectivity index (χ3n) is 1.40. The molecule has 0 bridgehead atoms. The van der Waals surface area contributed by atoms with Crippen molar-refractivity contribution in [3.8, 4) is 0 Å². The molecule has 7 heteroatoms. The molecule has 0 aliphatic carbocycles. The largest absolute Gasteiger partial charge is 0.481 e. The summed E-state index contributed by atoms with van der Waals surface area (Å²) in [6.07, 6.45) is -2.30. The van der Waals surface area contributed by atoms with Crippen LogP contribution in [0.25, 0.3) is 0 Å². The van der Waals surface area contributed by atoms with E-state index in [1.165, 1.54) is 0 Å². The van der Waals surface area contributed by atoms with Crippen molar-refractivity contribution in [3.05, 3.63) is 12.2 Å². The molecule has 0 fully saturated rings. The summed E-state index contributed by atoms with van der Waals surface area (Å²) in [4.78, 5) is 30.9. The molecule has 0 aliphatic rings. The van der Waals surface area contributed by atoms with E-state index in [1.54, 1.807) is 0 Å². The number of rotatable bonds is 7. The Balaban J connectivity index is 4.19. The Morgan fingerprint density at radius 1 is 1.20 bits per heavy atom. The van der Waals surface area contributed by atoms with Crippen LogP contribution in [0.4, 0.5) is 0 Å². The van der Waals surface area contributed by atoms with Crippen LogP contribution in [-0.4, -0.2) is 45.9 Å². The van der Waals surface area contributed by atoms with Crippen LogP contribution in [0.3, 0.4) is 0 Å². The first-order valence-electron chi connectivity index (χ1n) is 3.82. The average molecular weight is 218 g/mol. The van der Waals surface area contributed by atoms with Crippen LogP contribution < -0.4 is 0 Å². The molecule has 0 saturated carbocycles. The average Bonchev–Trinajstić information content (AvgIpc) is 2.10. The molecule has 0 amide bonds. The highest BCUT2D eigenvalue weighted by Crippen LogP contribution is 2.02. The normalized spacial score (nSPS) is 11.7. The molecule has 15 heavy (non-hydrogen) atoms. The fraction of sp³-hybridized carbons (Fsp3) is 0.375. The van der Waals surface area contributed by atoms with Crippen LogP contribution in [0.1, 0.15) is 6.42 Å². The number of carbonyl (C=O) groups is 3. The lowest BCUT2D eigenvalue weighted by Crippen LogP contribution is -2.28. The molecule has 0 aromatic carbocycles. The van der Waals surface area contributed by atoms with Crippen molar-refractivity contribution in [1.29, 1.82) is 0 Å². The predicted octanol–water partition coefficient (Wildman–Crippen LogP) is -0.428. The van der Waals surface area contributed by atoms with Gasteiger partial charge in [0.2, 0.25) is 0 Å². The van der Waals surface area contributed by atoms with E-state index in [0.717, 1.165) is 0 Å². The first kappa shape index (κ1) is 13.1. The van der Waals surface area contributed by atoms with Crippen molar-refractivity contribution >= 4 is 17.9 Å². The summed E-state index contributed by atoms with van der Waals surface area (Å²) >= 11 is 0. The molecular formula is C8H10O7.